The SMILES string of the molecule is C=C(/C=C/CC(C)OC(=O)/C=C/S(=O)(=O)c1ccccc1)O[Si](C)(C)C(C)(C)C. The first-order valence-corrected chi connectivity index (χ1v) is 13.9. The highest BCUT2D eigenvalue weighted by molar-refractivity contribution is 7.94. The van der Waals surface area contributed by atoms with Crippen molar-refractivity contribution >= 4 is 24.1 Å². The fourth-order valence-corrected chi connectivity index (χ4v) is 4.04. The van der Waals surface area contributed by atoms with Crippen LogP contribution < -0.4 is 0 Å². The Labute approximate surface area is 176 Å². The van der Waals surface area contributed by atoms with Gasteiger partial charge in [-0.15, -0.1) is 0 Å². The smallest absolute Gasteiger partial charge is 0.331 e. The first kappa shape index (κ1) is 24.9. The van der Waals surface area contributed by atoms with Gasteiger partial charge in [0.2, 0.25) is 8.32 Å². The van der Waals surface area contributed by atoms with Crippen molar-refractivity contribution < 1.29 is 22.4 Å². The predicted molar refractivity (Wildman–Crippen MR) is 120 cm³/mol. The third-order valence-corrected chi connectivity index (χ3v) is 10.5. The van der Waals surface area contributed by atoms with E-state index in [0.717, 1.165) is 11.5 Å². The van der Waals surface area contributed by atoms with Crippen LogP contribution >= 0.6 is 0 Å². The lowest BCUT2D eigenvalue weighted by molar-refractivity contribution is -0.141. The van der Waals surface area contributed by atoms with Gasteiger partial charge >= 0.3 is 5.97 Å². The maximum Gasteiger partial charge on any atom is 0.331 e. The molecule has 160 valence electrons. The molecule has 0 radical (unpaired) electrons. The quantitative estimate of drug-likeness (QED) is 0.171. The first-order chi connectivity index (χ1) is 13.2. The first-order valence-electron chi connectivity index (χ1n) is 9.48. The molecule has 0 aliphatic rings. The molecular weight excluding hydrogens is 404 g/mol. The summed E-state index contributed by atoms with van der Waals surface area (Å²) in [6.45, 7) is 16.4. The molecule has 29 heavy (non-hydrogen) atoms. The second-order valence-electron chi connectivity index (χ2n) is 8.38. The summed E-state index contributed by atoms with van der Waals surface area (Å²) in [5.41, 5.74) is 0. The molecular formula is C22H32O5SSi. The average molecular weight is 437 g/mol. The number of esters is 1. The minimum Gasteiger partial charge on any atom is -0.544 e. The number of carbonyl (C=O) groups excluding carboxylic acids is 1. The monoisotopic (exact) mass is 436 g/mol. The summed E-state index contributed by atoms with van der Waals surface area (Å²) in [7, 11) is -5.60. The molecule has 1 aromatic carbocycles. The Morgan fingerprint density at radius 1 is 1.17 bits per heavy atom. The maximum absolute atomic E-state index is 12.1. The highest BCUT2D eigenvalue weighted by Crippen LogP contribution is 2.37. The maximum atomic E-state index is 12.1. The number of allylic oxidation sites excluding steroid dienone is 1. The summed E-state index contributed by atoms with van der Waals surface area (Å²) in [6, 6.07) is 7.90. The van der Waals surface area contributed by atoms with Crippen LogP contribution in [-0.4, -0.2) is 28.8 Å². The van der Waals surface area contributed by atoms with Crippen molar-refractivity contribution in [3.63, 3.8) is 0 Å². The van der Waals surface area contributed by atoms with Gasteiger partial charge in [-0.25, -0.2) is 13.2 Å². The Morgan fingerprint density at radius 2 is 1.76 bits per heavy atom. The number of sulfone groups is 1. The summed E-state index contributed by atoms with van der Waals surface area (Å²) in [5, 5.41) is 0.946. The van der Waals surface area contributed by atoms with Crippen LogP contribution in [0.5, 0.6) is 0 Å². The third-order valence-electron chi connectivity index (χ3n) is 4.74. The van der Waals surface area contributed by atoms with E-state index in [4.69, 9.17) is 9.16 Å². The number of carbonyl (C=O) groups is 1. The molecule has 1 aromatic rings. The molecule has 0 fully saturated rings. The Balaban J connectivity index is 2.54. The van der Waals surface area contributed by atoms with E-state index in [0.29, 0.717) is 12.2 Å². The molecule has 0 aliphatic carbocycles. The van der Waals surface area contributed by atoms with Gasteiger partial charge in [-0.1, -0.05) is 51.6 Å². The van der Waals surface area contributed by atoms with Crippen molar-refractivity contribution in [2.75, 3.05) is 0 Å². The van der Waals surface area contributed by atoms with Crippen LogP contribution in [-0.2, 0) is 23.8 Å². The highest BCUT2D eigenvalue weighted by Gasteiger charge is 2.38. The average Bonchev–Trinajstić information content (AvgIpc) is 2.59. The van der Waals surface area contributed by atoms with Gasteiger partial charge in [-0.05, 0) is 43.3 Å². The molecule has 1 unspecified atom stereocenters. The lowest BCUT2D eigenvalue weighted by Gasteiger charge is -2.36. The van der Waals surface area contributed by atoms with Gasteiger partial charge in [0.15, 0.2) is 9.84 Å². The van der Waals surface area contributed by atoms with Crippen LogP contribution in [0.3, 0.4) is 0 Å². The van der Waals surface area contributed by atoms with Crippen molar-refractivity contribution in [1.29, 1.82) is 0 Å². The minimum atomic E-state index is -3.67. The minimum absolute atomic E-state index is 0.0824. The standard InChI is InChI=1S/C22H32O5SSi/c1-18(12-11-13-19(2)27-29(6,7)22(3,4)5)26-21(23)16-17-28(24,25)20-14-9-8-10-15-20/h8-11,13-18H,2,12H2,1,3-7H3/b13-11+,17-16+. The summed E-state index contributed by atoms with van der Waals surface area (Å²) in [6.07, 6.45) is 4.59. The lowest BCUT2D eigenvalue weighted by Crippen LogP contribution is -2.40. The Morgan fingerprint density at radius 3 is 2.31 bits per heavy atom. The van der Waals surface area contributed by atoms with E-state index in [1.807, 2.05) is 6.08 Å². The zero-order chi connectivity index (χ0) is 22.3. The van der Waals surface area contributed by atoms with Crippen LogP contribution in [0, 0.1) is 0 Å². The molecule has 0 spiro atoms. The van der Waals surface area contributed by atoms with Crippen molar-refractivity contribution in [3.05, 3.63) is 66.3 Å². The molecule has 0 aromatic heterocycles. The number of ether oxygens (including phenoxy) is 1. The van der Waals surface area contributed by atoms with Crippen LogP contribution in [0.25, 0.3) is 0 Å². The molecule has 1 atom stereocenters. The van der Waals surface area contributed by atoms with Gasteiger partial charge < -0.3 is 9.16 Å². The van der Waals surface area contributed by atoms with Gasteiger partial charge in [0.05, 0.1) is 10.7 Å². The van der Waals surface area contributed by atoms with E-state index >= 15 is 0 Å². The van der Waals surface area contributed by atoms with Gasteiger partial charge in [0.25, 0.3) is 0 Å². The summed E-state index contributed by atoms with van der Waals surface area (Å²) >= 11 is 0. The summed E-state index contributed by atoms with van der Waals surface area (Å²) in [5.74, 6) is -0.120. The zero-order valence-corrected chi connectivity index (χ0v) is 20.0. The van der Waals surface area contributed by atoms with Crippen molar-refractivity contribution in [2.24, 2.45) is 0 Å². The Hall–Kier alpha value is -2.12. The van der Waals surface area contributed by atoms with Crippen LogP contribution in [0.2, 0.25) is 18.1 Å². The molecule has 5 nitrogen and oxygen atoms in total. The number of benzene rings is 1. The largest absolute Gasteiger partial charge is 0.544 e. The van der Waals surface area contributed by atoms with E-state index < -0.39 is 30.2 Å². The van der Waals surface area contributed by atoms with E-state index in [-0.39, 0.29) is 9.93 Å². The topological polar surface area (TPSA) is 69.7 Å². The highest BCUT2D eigenvalue weighted by atomic mass is 32.2. The number of hydrogen-bond donors (Lipinski definition) is 0. The molecule has 0 N–H and O–H groups in total. The van der Waals surface area contributed by atoms with Gasteiger partial charge in [-0.2, -0.15) is 0 Å². The van der Waals surface area contributed by atoms with E-state index in [1.54, 1.807) is 31.2 Å². The Bertz CT molecular complexity index is 862. The molecule has 0 heterocycles. The second-order valence-corrected chi connectivity index (χ2v) is 14.9. The summed E-state index contributed by atoms with van der Waals surface area (Å²) < 4.78 is 35.5. The second kappa shape index (κ2) is 10.1. The fraction of sp³-hybridized carbons (Fsp3) is 0.409. The van der Waals surface area contributed by atoms with Gasteiger partial charge in [0.1, 0.15) is 6.10 Å². The van der Waals surface area contributed by atoms with Gasteiger partial charge in [0, 0.05) is 17.9 Å². The van der Waals surface area contributed by atoms with Crippen molar-refractivity contribution in [1.82, 2.24) is 0 Å². The van der Waals surface area contributed by atoms with Crippen molar-refractivity contribution in [2.45, 2.75) is 63.2 Å². The van der Waals surface area contributed by atoms with E-state index in [9.17, 15) is 13.2 Å². The van der Waals surface area contributed by atoms with Crippen LogP contribution in [0.1, 0.15) is 34.1 Å². The van der Waals surface area contributed by atoms with E-state index in [1.165, 1.54) is 12.1 Å². The van der Waals surface area contributed by atoms with Gasteiger partial charge in [-0.3, -0.25) is 0 Å². The molecule has 0 aliphatic heterocycles. The normalized spacial score (nSPS) is 14.1. The molecule has 0 bridgehead atoms. The molecule has 7 heteroatoms. The summed E-state index contributed by atoms with van der Waals surface area (Å²) in [4.78, 5) is 12.0. The molecule has 0 amide bonds. The lowest BCUT2D eigenvalue weighted by atomic mass is 10.2. The zero-order valence-electron chi connectivity index (χ0n) is 18.1. The molecule has 0 saturated carbocycles. The Kier molecular flexibility index (Phi) is 8.65. The van der Waals surface area contributed by atoms with E-state index in [2.05, 4.69) is 40.4 Å². The van der Waals surface area contributed by atoms with Crippen LogP contribution in [0.15, 0.2) is 71.2 Å². The van der Waals surface area contributed by atoms with Crippen LogP contribution in [0.4, 0.5) is 0 Å². The van der Waals surface area contributed by atoms with Crippen molar-refractivity contribution in [3.8, 4) is 0 Å². The molecule has 0 saturated heterocycles. The number of hydrogen-bond acceptors (Lipinski definition) is 5. The predicted octanol–water partition coefficient (Wildman–Crippen LogP) is 5.39. The number of rotatable bonds is 9. The third kappa shape index (κ3) is 8.41. The molecule has 1 rings (SSSR count). The fourth-order valence-electron chi connectivity index (χ4n) is 2.03.